The molecule has 1 amide bonds. The largest absolute Gasteiger partial charge is 0.492 e. The van der Waals surface area contributed by atoms with Crippen LogP contribution < -0.4 is 9.64 Å². The summed E-state index contributed by atoms with van der Waals surface area (Å²) in [6.07, 6.45) is 0. The van der Waals surface area contributed by atoms with Gasteiger partial charge in [-0.05, 0) is 34.9 Å². The number of fused-ring (bicyclic) bond motifs is 1. The summed E-state index contributed by atoms with van der Waals surface area (Å²) in [5.74, 6) is -0.371. The molecule has 33 heavy (non-hydrogen) atoms. The van der Waals surface area contributed by atoms with Crippen molar-refractivity contribution in [2.24, 2.45) is 0 Å². The molecule has 6 heteroatoms. The van der Waals surface area contributed by atoms with Crippen molar-refractivity contribution in [2.75, 3.05) is 44.4 Å². The number of benzene rings is 3. The minimum absolute atomic E-state index is 0.351. The number of rotatable bonds is 7. The zero-order valence-corrected chi connectivity index (χ0v) is 18.4. The second-order valence-electron chi connectivity index (χ2n) is 8.26. The number of hydrogen-bond acceptors (Lipinski definition) is 5. The molecule has 0 aliphatic carbocycles. The van der Waals surface area contributed by atoms with E-state index in [1.807, 2.05) is 48.5 Å². The van der Waals surface area contributed by atoms with Gasteiger partial charge in [0.2, 0.25) is 0 Å². The minimum atomic E-state index is -0.498. The van der Waals surface area contributed by atoms with Gasteiger partial charge < -0.3 is 14.4 Å². The van der Waals surface area contributed by atoms with Gasteiger partial charge in [0.15, 0.2) is 0 Å². The fraction of sp³-hybridized carbons (Fsp3) is 0.259. The van der Waals surface area contributed by atoms with E-state index < -0.39 is 11.7 Å². The van der Waals surface area contributed by atoms with Crippen molar-refractivity contribution in [1.82, 2.24) is 4.90 Å². The topological polar surface area (TPSA) is 59.1 Å². The first-order chi connectivity index (χ1) is 16.2. The molecule has 3 aromatic rings. The third-order valence-corrected chi connectivity index (χ3v) is 6.12. The highest BCUT2D eigenvalue weighted by Gasteiger charge is 2.36. The van der Waals surface area contributed by atoms with E-state index in [0.717, 1.165) is 49.5 Å². The Morgan fingerprint density at radius 1 is 0.848 bits per heavy atom. The van der Waals surface area contributed by atoms with Crippen LogP contribution in [0.5, 0.6) is 5.75 Å². The van der Waals surface area contributed by atoms with Gasteiger partial charge in [0.1, 0.15) is 12.4 Å². The minimum Gasteiger partial charge on any atom is -0.492 e. The molecule has 1 saturated heterocycles. The molecule has 2 aliphatic rings. The maximum Gasteiger partial charge on any atom is 0.299 e. The number of carbonyl (C=O) groups is 2. The molecule has 0 aromatic heterocycles. The standard InChI is InChI=1S/C27H26N2O4/c30-26-24-18-23(33-17-14-28-12-15-32-16-13-28)10-11-25(24)29(27(26)31)19-20-6-8-22(9-7-20)21-4-2-1-3-5-21/h1-11,18H,12-17,19H2. The molecule has 2 aliphatic heterocycles. The van der Waals surface area contributed by atoms with Gasteiger partial charge in [-0.2, -0.15) is 0 Å². The molecule has 5 rings (SSSR count). The van der Waals surface area contributed by atoms with Gasteiger partial charge in [-0.25, -0.2) is 0 Å². The number of Topliss-reactive ketones (excluding diaryl/α,β-unsaturated/α-hetero) is 1. The van der Waals surface area contributed by atoms with E-state index in [-0.39, 0.29) is 0 Å². The van der Waals surface area contributed by atoms with Gasteiger partial charge in [-0.15, -0.1) is 0 Å². The Bertz CT molecular complexity index is 1140. The Kier molecular flexibility index (Phi) is 6.19. The molecule has 0 saturated carbocycles. The number of anilines is 1. The van der Waals surface area contributed by atoms with Crippen molar-refractivity contribution < 1.29 is 19.1 Å². The summed E-state index contributed by atoms with van der Waals surface area (Å²) >= 11 is 0. The normalized spacial score (nSPS) is 16.2. The van der Waals surface area contributed by atoms with Crippen LogP contribution in [0.3, 0.4) is 0 Å². The molecule has 168 valence electrons. The highest BCUT2D eigenvalue weighted by Crippen LogP contribution is 2.33. The van der Waals surface area contributed by atoms with Crippen molar-refractivity contribution in [2.45, 2.75) is 6.54 Å². The first-order valence-electron chi connectivity index (χ1n) is 11.3. The van der Waals surface area contributed by atoms with Crippen LogP contribution in [0, 0.1) is 0 Å². The molecule has 2 heterocycles. The average Bonchev–Trinajstić information content (AvgIpc) is 3.10. The van der Waals surface area contributed by atoms with Crippen LogP contribution >= 0.6 is 0 Å². The number of amides is 1. The van der Waals surface area contributed by atoms with Gasteiger partial charge in [0.05, 0.1) is 31.0 Å². The molecule has 0 spiro atoms. The summed E-state index contributed by atoms with van der Waals surface area (Å²) in [6.45, 7) is 4.99. The molecule has 0 atom stereocenters. The number of ether oxygens (including phenoxy) is 2. The lowest BCUT2D eigenvalue weighted by Gasteiger charge is -2.26. The van der Waals surface area contributed by atoms with Crippen LogP contribution in [-0.2, 0) is 16.1 Å². The molecule has 0 radical (unpaired) electrons. The zero-order chi connectivity index (χ0) is 22.6. The SMILES string of the molecule is O=C1C(=O)N(Cc2ccc(-c3ccccc3)cc2)c2ccc(OCCN3CCOCC3)cc21. The van der Waals surface area contributed by atoms with Gasteiger partial charge in [0, 0.05) is 19.6 Å². The Hall–Kier alpha value is -3.48. The van der Waals surface area contributed by atoms with Crippen molar-refractivity contribution in [3.8, 4) is 16.9 Å². The Labute approximate surface area is 193 Å². The van der Waals surface area contributed by atoms with E-state index in [1.165, 1.54) is 0 Å². The van der Waals surface area contributed by atoms with Gasteiger partial charge in [-0.1, -0.05) is 54.6 Å². The first kappa shape index (κ1) is 21.4. The third kappa shape index (κ3) is 4.67. The summed E-state index contributed by atoms with van der Waals surface area (Å²) in [5.41, 5.74) is 4.27. The highest BCUT2D eigenvalue weighted by atomic mass is 16.5. The predicted molar refractivity (Wildman–Crippen MR) is 127 cm³/mol. The molecule has 6 nitrogen and oxygen atoms in total. The summed E-state index contributed by atoms with van der Waals surface area (Å²) < 4.78 is 11.2. The molecule has 0 unspecified atom stereocenters. The van der Waals surface area contributed by atoms with Crippen LogP contribution in [0.15, 0.2) is 72.8 Å². The van der Waals surface area contributed by atoms with Crippen LogP contribution in [0.2, 0.25) is 0 Å². The third-order valence-electron chi connectivity index (χ3n) is 6.12. The lowest BCUT2D eigenvalue weighted by Crippen LogP contribution is -2.38. The molecule has 3 aromatic carbocycles. The lowest BCUT2D eigenvalue weighted by molar-refractivity contribution is -0.114. The van der Waals surface area contributed by atoms with Crippen molar-refractivity contribution in [3.05, 3.63) is 83.9 Å². The smallest absolute Gasteiger partial charge is 0.299 e. The van der Waals surface area contributed by atoms with Crippen molar-refractivity contribution in [3.63, 3.8) is 0 Å². The molecule has 0 bridgehead atoms. The summed E-state index contributed by atoms with van der Waals surface area (Å²) in [5, 5.41) is 0. The quantitative estimate of drug-likeness (QED) is 0.521. The summed E-state index contributed by atoms with van der Waals surface area (Å²) in [7, 11) is 0. The Morgan fingerprint density at radius 2 is 1.58 bits per heavy atom. The van der Waals surface area contributed by atoms with E-state index >= 15 is 0 Å². The van der Waals surface area contributed by atoms with Crippen molar-refractivity contribution in [1.29, 1.82) is 0 Å². The van der Waals surface area contributed by atoms with E-state index in [9.17, 15) is 9.59 Å². The van der Waals surface area contributed by atoms with Gasteiger partial charge in [-0.3, -0.25) is 14.5 Å². The molecule has 1 fully saturated rings. The van der Waals surface area contributed by atoms with Crippen LogP contribution in [0.4, 0.5) is 5.69 Å². The monoisotopic (exact) mass is 442 g/mol. The van der Waals surface area contributed by atoms with Gasteiger partial charge in [0.25, 0.3) is 11.7 Å². The number of nitrogens with zero attached hydrogens (tertiary/aromatic N) is 2. The van der Waals surface area contributed by atoms with Gasteiger partial charge >= 0.3 is 0 Å². The summed E-state index contributed by atoms with van der Waals surface area (Å²) in [6, 6.07) is 23.5. The number of hydrogen-bond donors (Lipinski definition) is 0. The number of carbonyl (C=O) groups excluding carboxylic acids is 2. The predicted octanol–water partition coefficient (Wildman–Crippen LogP) is 3.79. The number of ketones is 1. The highest BCUT2D eigenvalue weighted by molar-refractivity contribution is 6.52. The fourth-order valence-corrected chi connectivity index (χ4v) is 4.26. The summed E-state index contributed by atoms with van der Waals surface area (Å²) in [4.78, 5) is 29.2. The molecular formula is C27H26N2O4. The fourth-order valence-electron chi connectivity index (χ4n) is 4.26. The second kappa shape index (κ2) is 9.57. The maximum atomic E-state index is 12.7. The van der Waals surface area contributed by atoms with E-state index in [2.05, 4.69) is 17.0 Å². The van der Waals surface area contributed by atoms with E-state index in [4.69, 9.17) is 9.47 Å². The second-order valence-corrected chi connectivity index (χ2v) is 8.26. The zero-order valence-electron chi connectivity index (χ0n) is 18.4. The molecular weight excluding hydrogens is 416 g/mol. The average molecular weight is 443 g/mol. The van der Waals surface area contributed by atoms with Crippen molar-refractivity contribution >= 4 is 17.4 Å². The molecule has 0 N–H and O–H groups in total. The van der Waals surface area contributed by atoms with E-state index in [1.54, 1.807) is 17.0 Å². The Morgan fingerprint density at radius 3 is 2.33 bits per heavy atom. The maximum absolute atomic E-state index is 12.7. The first-order valence-corrected chi connectivity index (χ1v) is 11.3. The van der Waals surface area contributed by atoms with Crippen LogP contribution in [-0.4, -0.2) is 56.0 Å². The number of morpholine rings is 1. The lowest BCUT2D eigenvalue weighted by atomic mass is 10.0. The Balaban J connectivity index is 1.26. The van der Waals surface area contributed by atoms with Crippen LogP contribution in [0.1, 0.15) is 15.9 Å². The van der Waals surface area contributed by atoms with Crippen LogP contribution in [0.25, 0.3) is 11.1 Å². The van der Waals surface area contributed by atoms with E-state index in [0.29, 0.717) is 30.2 Å².